The quantitative estimate of drug-likeness (QED) is 0.195. The van der Waals surface area contributed by atoms with E-state index in [0.29, 0.717) is 43.2 Å². The summed E-state index contributed by atoms with van der Waals surface area (Å²) in [5, 5.41) is 9.58. The molecule has 1 aliphatic heterocycles. The number of methoxy groups -OCH3 is 1. The summed E-state index contributed by atoms with van der Waals surface area (Å²) >= 11 is 1.61. The molecule has 9 nitrogen and oxygen atoms in total. The standard InChI is InChI=1S/C30H33N5O4S/c1-22-21-33(17-18-34(22)29(37)23-9-4-3-5-10-23)27(36)12-6-7-20-40-30-32-31-28(26-11-8-19-39-26)35(30)24-13-15-25(38-2)16-14-24/h3-5,8-11,13-16,19,22H,6-7,12,17-18,20-21H2,1-2H3. The molecule has 0 spiro atoms. The lowest BCUT2D eigenvalue weighted by Crippen LogP contribution is -2.55. The highest BCUT2D eigenvalue weighted by Crippen LogP contribution is 2.29. The lowest BCUT2D eigenvalue weighted by atomic mass is 10.1. The van der Waals surface area contributed by atoms with Gasteiger partial charge in [-0.05, 0) is 68.3 Å². The molecule has 1 aliphatic rings. The Morgan fingerprint density at radius 2 is 1.80 bits per heavy atom. The van der Waals surface area contributed by atoms with Crippen molar-refractivity contribution in [2.75, 3.05) is 32.5 Å². The predicted molar refractivity (Wildman–Crippen MR) is 154 cm³/mol. The fourth-order valence-electron chi connectivity index (χ4n) is 4.83. The molecule has 4 aromatic rings. The molecular weight excluding hydrogens is 526 g/mol. The maximum absolute atomic E-state index is 12.9. The first-order valence-electron chi connectivity index (χ1n) is 13.5. The zero-order valence-corrected chi connectivity index (χ0v) is 23.5. The number of aromatic nitrogens is 3. The summed E-state index contributed by atoms with van der Waals surface area (Å²) in [6.07, 6.45) is 3.76. The molecule has 2 aromatic carbocycles. The largest absolute Gasteiger partial charge is 0.497 e. The lowest BCUT2D eigenvalue weighted by Gasteiger charge is -2.40. The van der Waals surface area contributed by atoms with Crippen molar-refractivity contribution < 1.29 is 18.7 Å². The zero-order chi connectivity index (χ0) is 27.9. The van der Waals surface area contributed by atoms with E-state index in [9.17, 15) is 9.59 Å². The number of carbonyl (C=O) groups is 2. The summed E-state index contributed by atoms with van der Waals surface area (Å²) in [4.78, 5) is 29.5. The number of thioether (sulfide) groups is 1. The highest BCUT2D eigenvalue weighted by molar-refractivity contribution is 7.99. The number of rotatable bonds is 10. The number of piperazine rings is 1. The van der Waals surface area contributed by atoms with Crippen LogP contribution in [0.1, 0.15) is 36.5 Å². The van der Waals surface area contributed by atoms with Crippen molar-refractivity contribution in [2.24, 2.45) is 0 Å². The molecule has 0 bridgehead atoms. The van der Waals surface area contributed by atoms with Gasteiger partial charge in [0.2, 0.25) is 11.7 Å². The summed E-state index contributed by atoms with van der Waals surface area (Å²) in [6, 6.07) is 20.7. The average molecular weight is 560 g/mol. The van der Waals surface area contributed by atoms with E-state index in [-0.39, 0.29) is 17.9 Å². The van der Waals surface area contributed by atoms with Gasteiger partial charge in [0.1, 0.15) is 5.75 Å². The van der Waals surface area contributed by atoms with Crippen molar-refractivity contribution in [3.63, 3.8) is 0 Å². The Bertz CT molecular complexity index is 1410. The first-order chi connectivity index (χ1) is 19.5. The molecule has 5 rings (SSSR count). The van der Waals surface area contributed by atoms with E-state index >= 15 is 0 Å². The Kier molecular flexibility index (Phi) is 8.85. The Balaban J connectivity index is 1.12. The molecule has 10 heteroatoms. The minimum absolute atomic E-state index is 0.0198. The summed E-state index contributed by atoms with van der Waals surface area (Å²) in [7, 11) is 1.64. The monoisotopic (exact) mass is 559 g/mol. The maximum atomic E-state index is 12.9. The van der Waals surface area contributed by atoms with Gasteiger partial charge in [-0.1, -0.05) is 30.0 Å². The van der Waals surface area contributed by atoms with Crippen molar-refractivity contribution in [1.82, 2.24) is 24.6 Å². The van der Waals surface area contributed by atoms with E-state index in [1.165, 1.54) is 0 Å². The van der Waals surface area contributed by atoms with Crippen LogP contribution in [0.4, 0.5) is 0 Å². The maximum Gasteiger partial charge on any atom is 0.254 e. The second-order valence-electron chi connectivity index (χ2n) is 9.68. The van der Waals surface area contributed by atoms with Crippen LogP contribution in [0.5, 0.6) is 5.75 Å². The van der Waals surface area contributed by atoms with Crippen LogP contribution in [0, 0.1) is 0 Å². The van der Waals surface area contributed by atoms with Crippen LogP contribution >= 0.6 is 11.8 Å². The van der Waals surface area contributed by atoms with Gasteiger partial charge in [0.25, 0.3) is 5.91 Å². The van der Waals surface area contributed by atoms with Crippen molar-refractivity contribution in [3.8, 4) is 23.0 Å². The normalized spacial score (nSPS) is 15.3. The number of amides is 2. The SMILES string of the molecule is COc1ccc(-n2c(SCCCCC(=O)N3CCN(C(=O)c4ccccc4)C(C)C3)nnc2-c2ccco2)cc1. The molecule has 1 saturated heterocycles. The number of hydrogen-bond acceptors (Lipinski definition) is 7. The molecule has 0 saturated carbocycles. The number of unbranched alkanes of at least 4 members (excludes halogenated alkanes) is 1. The first kappa shape index (κ1) is 27.5. The Hall–Kier alpha value is -4.05. The molecule has 0 aliphatic carbocycles. The highest BCUT2D eigenvalue weighted by Gasteiger charge is 2.30. The minimum Gasteiger partial charge on any atom is -0.497 e. The van der Waals surface area contributed by atoms with Crippen LogP contribution in [0.3, 0.4) is 0 Å². The Morgan fingerprint density at radius 1 is 1.00 bits per heavy atom. The fraction of sp³-hybridized carbons (Fsp3) is 0.333. The molecule has 1 fully saturated rings. The van der Waals surface area contributed by atoms with E-state index in [1.807, 2.05) is 88.0 Å². The molecule has 3 heterocycles. The van der Waals surface area contributed by atoms with Crippen LogP contribution in [0.25, 0.3) is 17.3 Å². The van der Waals surface area contributed by atoms with Crippen LogP contribution in [-0.4, -0.2) is 74.9 Å². The van der Waals surface area contributed by atoms with Crippen LogP contribution in [-0.2, 0) is 4.79 Å². The van der Waals surface area contributed by atoms with Crippen LogP contribution in [0.15, 0.2) is 82.6 Å². The number of ether oxygens (including phenoxy) is 1. The predicted octanol–water partition coefficient (Wildman–Crippen LogP) is 5.17. The van der Waals surface area contributed by atoms with Gasteiger partial charge in [-0.2, -0.15) is 0 Å². The minimum atomic E-state index is -0.0198. The van der Waals surface area contributed by atoms with Crippen LogP contribution in [0.2, 0.25) is 0 Å². The van der Waals surface area contributed by atoms with Crippen molar-refractivity contribution in [3.05, 3.63) is 78.6 Å². The smallest absolute Gasteiger partial charge is 0.254 e. The van der Waals surface area contributed by atoms with Crippen molar-refractivity contribution >= 4 is 23.6 Å². The molecular formula is C30H33N5O4S. The van der Waals surface area contributed by atoms with E-state index < -0.39 is 0 Å². The number of carbonyl (C=O) groups excluding carboxylic acids is 2. The zero-order valence-electron chi connectivity index (χ0n) is 22.7. The number of hydrogen-bond donors (Lipinski definition) is 0. The summed E-state index contributed by atoms with van der Waals surface area (Å²) in [6.45, 7) is 3.69. The van der Waals surface area contributed by atoms with Gasteiger partial charge in [0, 0.05) is 43.4 Å². The molecule has 1 atom stereocenters. The Morgan fingerprint density at radius 3 is 2.50 bits per heavy atom. The molecule has 0 N–H and O–H groups in total. The van der Waals surface area contributed by atoms with E-state index in [1.54, 1.807) is 25.1 Å². The lowest BCUT2D eigenvalue weighted by molar-refractivity contribution is -0.133. The number of nitrogens with zero attached hydrogens (tertiary/aromatic N) is 5. The van der Waals surface area contributed by atoms with Crippen LogP contribution < -0.4 is 4.74 Å². The first-order valence-corrected chi connectivity index (χ1v) is 14.4. The van der Waals surface area contributed by atoms with Gasteiger partial charge in [0.05, 0.1) is 19.1 Å². The third-order valence-electron chi connectivity index (χ3n) is 6.98. The second-order valence-corrected chi connectivity index (χ2v) is 10.7. The molecule has 1 unspecified atom stereocenters. The molecule has 2 amide bonds. The van der Waals surface area contributed by atoms with Gasteiger partial charge < -0.3 is 19.0 Å². The topological polar surface area (TPSA) is 93.7 Å². The van der Waals surface area contributed by atoms with Gasteiger partial charge in [0.15, 0.2) is 10.9 Å². The third kappa shape index (κ3) is 6.22. The summed E-state index contributed by atoms with van der Waals surface area (Å²) in [5.74, 6) is 3.01. The number of furan rings is 1. The summed E-state index contributed by atoms with van der Waals surface area (Å²) in [5.41, 5.74) is 1.60. The molecule has 40 heavy (non-hydrogen) atoms. The van der Waals surface area contributed by atoms with E-state index in [4.69, 9.17) is 9.15 Å². The van der Waals surface area contributed by atoms with Gasteiger partial charge >= 0.3 is 0 Å². The average Bonchev–Trinajstić information content (AvgIpc) is 3.67. The molecule has 2 aromatic heterocycles. The van der Waals surface area contributed by atoms with Crippen molar-refractivity contribution in [1.29, 1.82) is 0 Å². The van der Waals surface area contributed by atoms with E-state index in [0.717, 1.165) is 35.2 Å². The Labute approximate surface area is 238 Å². The highest BCUT2D eigenvalue weighted by atomic mass is 32.2. The molecule has 0 radical (unpaired) electrons. The molecule has 208 valence electrons. The van der Waals surface area contributed by atoms with Gasteiger partial charge in [-0.3, -0.25) is 14.2 Å². The second kappa shape index (κ2) is 12.9. The van der Waals surface area contributed by atoms with Gasteiger partial charge in [-0.25, -0.2) is 0 Å². The van der Waals surface area contributed by atoms with Crippen molar-refractivity contribution in [2.45, 2.75) is 37.4 Å². The van der Waals surface area contributed by atoms with E-state index in [2.05, 4.69) is 10.2 Å². The fourth-order valence-corrected chi connectivity index (χ4v) is 5.78. The number of benzene rings is 2. The third-order valence-corrected chi connectivity index (χ3v) is 8.00. The van der Waals surface area contributed by atoms with Gasteiger partial charge in [-0.15, -0.1) is 10.2 Å². The summed E-state index contributed by atoms with van der Waals surface area (Å²) < 4.78 is 12.9.